The molecule has 250 valence electrons. The fourth-order valence-electron chi connectivity index (χ4n) is 6.75. The van der Waals surface area contributed by atoms with Gasteiger partial charge in [0, 0.05) is 45.3 Å². The summed E-state index contributed by atoms with van der Waals surface area (Å²) in [7, 11) is -4.39. The Labute approximate surface area is 270 Å². The molecule has 4 fully saturated rings. The minimum Gasteiger partial charge on any atom is -0.388 e. The smallest absolute Gasteiger partial charge is 0.244 e. The van der Waals surface area contributed by atoms with Crippen LogP contribution in [0.5, 0.6) is 0 Å². The molecule has 2 aromatic rings. The summed E-state index contributed by atoms with van der Waals surface area (Å²) in [6, 6.07) is 10.8. The zero-order chi connectivity index (χ0) is 33.5. The largest absolute Gasteiger partial charge is 0.388 e. The molecule has 0 saturated carbocycles. The van der Waals surface area contributed by atoms with Crippen molar-refractivity contribution in [2.45, 2.75) is 66.8 Å². The summed E-state index contributed by atoms with van der Waals surface area (Å²) in [4.78, 5) is 43.8. The van der Waals surface area contributed by atoms with Crippen LogP contribution in [0.15, 0.2) is 53.4 Å². The number of carbonyl (C=O) groups excluding carboxylic acids is 3. The molecule has 0 aromatic heterocycles. The summed E-state index contributed by atoms with van der Waals surface area (Å²) in [5.74, 6) is -2.34. The van der Waals surface area contributed by atoms with Crippen LogP contribution in [-0.4, -0.2) is 126 Å². The van der Waals surface area contributed by atoms with Gasteiger partial charge in [-0.25, -0.2) is 12.8 Å². The van der Waals surface area contributed by atoms with Crippen LogP contribution in [0.1, 0.15) is 24.0 Å². The molecule has 14 nitrogen and oxygen atoms in total. The first-order chi connectivity index (χ1) is 22.4. The van der Waals surface area contributed by atoms with E-state index in [1.54, 1.807) is 24.3 Å². The molecule has 4 N–H and O–H groups in total. The first-order valence-electron chi connectivity index (χ1n) is 15.3. The fraction of sp³-hybridized carbons (Fsp3) is 0.484. The number of benzene rings is 2. The monoisotopic (exact) mass is 670 g/mol. The Kier molecular flexibility index (Phi) is 9.29. The number of piperazine rings is 1. The zero-order valence-electron chi connectivity index (χ0n) is 25.2. The Hall–Kier alpha value is -3.98. The molecular weight excluding hydrogens is 635 g/mol. The molecule has 0 radical (unpaired) electrons. The summed E-state index contributed by atoms with van der Waals surface area (Å²) < 4.78 is 48.2. The van der Waals surface area contributed by atoms with Gasteiger partial charge in [0.15, 0.2) is 0 Å². The molecule has 4 heterocycles. The van der Waals surface area contributed by atoms with Crippen molar-refractivity contribution in [3.8, 4) is 6.07 Å². The van der Waals surface area contributed by atoms with Crippen LogP contribution in [0.4, 0.5) is 4.39 Å². The maximum atomic E-state index is 14.2. The zero-order valence-corrected chi connectivity index (χ0v) is 26.1. The van der Waals surface area contributed by atoms with Crippen LogP contribution in [0, 0.1) is 17.1 Å². The van der Waals surface area contributed by atoms with Crippen LogP contribution >= 0.6 is 0 Å². The number of aliphatic hydroxyl groups is 2. The SMILES string of the molecule is N#Cc1ccc(CN2C[C@@H]3C[C@H]2C(=O)N2CCN(S(=O)(=O)c4cccc(F)c4)[C@@H](C2)C(=O)NC[C@H]2O[C@@H](CC(=O)N3)[C@H](O)[C@@H]2O)cc1. The number of nitriles is 1. The minimum absolute atomic E-state index is 0.0479. The lowest BCUT2D eigenvalue weighted by Gasteiger charge is -2.41. The van der Waals surface area contributed by atoms with Gasteiger partial charge in [-0.2, -0.15) is 9.57 Å². The number of hydrogen-bond donors (Lipinski definition) is 4. The Balaban J connectivity index is 1.32. The first-order valence-corrected chi connectivity index (χ1v) is 16.8. The third-order valence-corrected chi connectivity index (χ3v) is 11.1. The molecule has 0 aliphatic carbocycles. The van der Waals surface area contributed by atoms with Crippen molar-refractivity contribution < 1.29 is 42.1 Å². The van der Waals surface area contributed by atoms with Crippen molar-refractivity contribution in [2.24, 2.45) is 0 Å². The molecule has 2 aromatic carbocycles. The van der Waals surface area contributed by atoms with Crippen LogP contribution in [0.2, 0.25) is 0 Å². The highest BCUT2D eigenvalue weighted by Gasteiger charge is 2.48. The van der Waals surface area contributed by atoms with Crippen molar-refractivity contribution in [1.29, 1.82) is 5.26 Å². The fourth-order valence-corrected chi connectivity index (χ4v) is 8.35. The summed E-state index contributed by atoms with van der Waals surface area (Å²) in [5, 5.41) is 35.9. The third kappa shape index (κ3) is 6.73. The summed E-state index contributed by atoms with van der Waals surface area (Å²) >= 11 is 0. The van der Waals surface area contributed by atoms with E-state index in [9.17, 15) is 42.7 Å². The van der Waals surface area contributed by atoms with Crippen molar-refractivity contribution in [3.63, 3.8) is 0 Å². The number of carbonyl (C=O) groups is 3. The van der Waals surface area contributed by atoms with Gasteiger partial charge < -0.3 is 30.5 Å². The second-order valence-corrected chi connectivity index (χ2v) is 14.2. The molecule has 4 aliphatic heterocycles. The number of rotatable bonds is 4. The third-order valence-electron chi connectivity index (χ3n) is 9.20. The normalized spacial score (nSPS) is 30.9. The van der Waals surface area contributed by atoms with E-state index in [0.717, 1.165) is 22.0 Å². The maximum absolute atomic E-state index is 14.2. The Bertz CT molecular complexity index is 1690. The standard InChI is InChI=1S/C31H35FN6O8S/c32-20-2-1-3-22(10-20)47(44,45)38-9-8-36-17-24(38)30(42)34-14-26-29(41)28(40)25(46-26)12-27(39)35-21-11-23(31(36)43)37(16-21)15-19-6-4-18(13-33)5-7-19/h1-7,10,21,23-26,28-29,40-41H,8-9,11-12,14-17H2,(H,34,42)(H,35,39)/t21-,23-,24-,25-,26+,28-,29+/m0/s1. The van der Waals surface area contributed by atoms with Crippen LogP contribution < -0.4 is 10.6 Å². The van der Waals surface area contributed by atoms with Crippen LogP contribution in [0.25, 0.3) is 0 Å². The van der Waals surface area contributed by atoms with E-state index in [0.29, 0.717) is 18.7 Å². The molecular formula is C31H35FN6O8S. The highest BCUT2D eigenvalue weighted by atomic mass is 32.2. The topological polar surface area (TPSA) is 193 Å². The van der Waals surface area contributed by atoms with Crippen molar-refractivity contribution in [1.82, 2.24) is 24.7 Å². The number of nitrogens with one attached hydrogen (secondary N) is 2. The van der Waals surface area contributed by atoms with Gasteiger partial charge in [0.25, 0.3) is 0 Å². The summed E-state index contributed by atoms with van der Waals surface area (Å²) in [6.07, 6.45) is -5.06. The van der Waals surface area contributed by atoms with Gasteiger partial charge in [-0.3, -0.25) is 19.3 Å². The molecule has 6 rings (SSSR count). The van der Waals surface area contributed by atoms with E-state index in [1.165, 1.54) is 17.0 Å². The summed E-state index contributed by atoms with van der Waals surface area (Å²) in [5.41, 5.74) is 1.30. The van der Waals surface area contributed by atoms with Gasteiger partial charge in [-0.05, 0) is 42.3 Å². The van der Waals surface area contributed by atoms with Gasteiger partial charge in [-0.15, -0.1) is 0 Å². The maximum Gasteiger partial charge on any atom is 0.244 e. The molecule has 6 bridgehead atoms. The van der Waals surface area contributed by atoms with Crippen molar-refractivity contribution in [3.05, 3.63) is 65.5 Å². The predicted molar refractivity (Wildman–Crippen MR) is 161 cm³/mol. The number of likely N-dealkylation sites (tertiary alicyclic amines) is 1. The summed E-state index contributed by atoms with van der Waals surface area (Å²) in [6.45, 7) is -0.319. The van der Waals surface area contributed by atoms with Crippen LogP contribution in [0.3, 0.4) is 0 Å². The van der Waals surface area contributed by atoms with Gasteiger partial charge in [0.1, 0.15) is 30.2 Å². The lowest BCUT2D eigenvalue weighted by Crippen LogP contribution is -2.63. The highest BCUT2D eigenvalue weighted by Crippen LogP contribution is 2.29. The minimum atomic E-state index is -4.39. The lowest BCUT2D eigenvalue weighted by molar-refractivity contribution is -0.140. The Morgan fingerprint density at radius 2 is 1.74 bits per heavy atom. The van der Waals surface area contributed by atoms with E-state index in [1.807, 2.05) is 4.90 Å². The second-order valence-electron chi connectivity index (χ2n) is 12.3. The van der Waals surface area contributed by atoms with Crippen LogP contribution in [-0.2, 0) is 35.7 Å². The van der Waals surface area contributed by atoms with E-state index < -0.39 is 70.2 Å². The number of ether oxygens (including phenoxy) is 1. The Morgan fingerprint density at radius 1 is 1.00 bits per heavy atom. The van der Waals surface area contributed by atoms with Gasteiger partial charge >= 0.3 is 0 Å². The number of halogens is 1. The van der Waals surface area contributed by atoms with Crippen molar-refractivity contribution in [2.75, 3.05) is 32.7 Å². The van der Waals surface area contributed by atoms with Gasteiger partial charge in [0.05, 0.1) is 35.1 Å². The number of fused-ring (bicyclic) bond motifs is 6. The quantitative estimate of drug-likeness (QED) is 0.303. The van der Waals surface area contributed by atoms with Gasteiger partial charge in [-0.1, -0.05) is 18.2 Å². The number of hydrogen-bond acceptors (Lipinski definition) is 10. The second kappa shape index (κ2) is 13.3. The number of aliphatic hydroxyl groups excluding tert-OH is 2. The molecule has 0 unspecified atom stereocenters. The predicted octanol–water partition coefficient (Wildman–Crippen LogP) is -1.33. The van der Waals surface area contributed by atoms with E-state index in [-0.39, 0.29) is 49.8 Å². The van der Waals surface area contributed by atoms with E-state index in [2.05, 4.69) is 16.7 Å². The van der Waals surface area contributed by atoms with Gasteiger partial charge in [0.2, 0.25) is 27.7 Å². The van der Waals surface area contributed by atoms with E-state index >= 15 is 0 Å². The Morgan fingerprint density at radius 3 is 2.47 bits per heavy atom. The molecule has 7 atom stereocenters. The average Bonchev–Trinajstić information content (AvgIpc) is 3.57. The molecule has 16 heteroatoms. The number of amides is 3. The molecule has 4 saturated heterocycles. The molecule has 47 heavy (non-hydrogen) atoms. The lowest BCUT2D eigenvalue weighted by atomic mass is 10.0. The number of sulfonamides is 1. The first kappa shape index (κ1) is 32.9. The highest BCUT2D eigenvalue weighted by molar-refractivity contribution is 7.89. The number of nitrogens with zero attached hydrogens (tertiary/aromatic N) is 4. The average molecular weight is 671 g/mol. The molecule has 4 aliphatic rings. The molecule has 0 spiro atoms. The van der Waals surface area contributed by atoms with E-state index in [4.69, 9.17) is 4.74 Å². The van der Waals surface area contributed by atoms with Crippen molar-refractivity contribution >= 4 is 27.7 Å². The molecule has 3 amide bonds.